The van der Waals surface area contributed by atoms with E-state index in [2.05, 4.69) is 11.9 Å². The van der Waals surface area contributed by atoms with Crippen LogP contribution in [0.15, 0.2) is 12.7 Å². The highest BCUT2D eigenvalue weighted by Gasteiger charge is 2.28. The molecule has 0 aliphatic heterocycles. The summed E-state index contributed by atoms with van der Waals surface area (Å²) in [7, 11) is 0. The summed E-state index contributed by atoms with van der Waals surface area (Å²) in [4.78, 5) is 10.9. The number of nitrogens with one attached hydrogen (secondary N) is 1. The van der Waals surface area contributed by atoms with Crippen molar-refractivity contribution in [3.05, 3.63) is 12.7 Å². The molecule has 0 saturated heterocycles. The minimum atomic E-state index is -0.646. The van der Waals surface area contributed by atoms with Crippen molar-refractivity contribution < 1.29 is 15.0 Å². The molecule has 1 rings (SSSR count). The van der Waals surface area contributed by atoms with Gasteiger partial charge >= 0.3 is 0 Å². The Balaban J connectivity index is 2.42. The van der Waals surface area contributed by atoms with Gasteiger partial charge in [-0.3, -0.25) is 4.79 Å². The quantitative estimate of drug-likeness (QED) is 0.511. The molecular weight excluding hydrogens is 170 g/mol. The van der Waals surface area contributed by atoms with Gasteiger partial charge in [0.25, 0.3) is 0 Å². The van der Waals surface area contributed by atoms with Crippen LogP contribution in [0.4, 0.5) is 0 Å². The van der Waals surface area contributed by atoms with E-state index >= 15 is 0 Å². The van der Waals surface area contributed by atoms with E-state index in [1.54, 1.807) is 0 Å². The van der Waals surface area contributed by atoms with E-state index < -0.39 is 12.2 Å². The third-order valence-corrected chi connectivity index (χ3v) is 2.30. The maximum atomic E-state index is 10.9. The van der Waals surface area contributed by atoms with E-state index in [1.807, 2.05) is 0 Å². The summed E-state index contributed by atoms with van der Waals surface area (Å²) >= 11 is 0. The molecule has 0 aromatic rings. The largest absolute Gasteiger partial charge is 0.393 e. The standard InChI is InChI=1S/C9H15NO3/c1-2-9(13)10-7-4-3-6(11)5-8(7)12/h2,6-8,11-12H,1,3-5H2,(H,10,13). The van der Waals surface area contributed by atoms with Crippen LogP contribution in [0.25, 0.3) is 0 Å². The van der Waals surface area contributed by atoms with Crippen LogP contribution in [0, 0.1) is 0 Å². The highest BCUT2D eigenvalue weighted by molar-refractivity contribution is 5.87. The van der Waals surface area contributed by atoms with Crippen LogP contribution in [0.1, 0.15) is 19.3 Å². The predicted octanol–water partition coefficient (Wildman–Crippen LogP) is -0.437. The van der Waals surface area contributed by atoms with Gasteiger partial charge in [-0.05, 0) is 18.9 Å². The van der Waals surface area contributed by atoms with E-state index in [4.69, 9.17) is 0 Å². The topological polar surface area (TPSA) is 69.6 Å². The monoisotopic (exact) mass is 185 g/mol. The van der Waals surface area contributed by atoms with Crippen molar-refractivity contribution in [1.29, 1.82) is 0 Å². The molecule has 1 amide bonds. The number of aliphatic hydroxyl groups is 2. The molecule has 0 aromatic carbocycles. The molecule has 1 fully saturated rings. The van der Waals surface area contributed by atoms with E-state index in [-0.39, 0.29) is 11.9 Å². The molecule has 4 heteroatoms. The van der Waals surface area contributed by atoms with Gasteiger partial charge in [-0.1, -0.05) is 6.58 Å². The van der Waals surface area contributed by atoms with E-state index in [0.717, 1.165) is 0 Å². The first-order valence-electron chi connectivity index (χ1n) is 4.42. The van der Waals surface area contributed by atoms with Gasteiger partial charge in [-0.15, -0.1) is 0 Å². The van der Waals surface area contributed by atoms with Gasteiger partial charge in [0.2, 0.25) is 5.91 Å². The smallest absolute Gasteiger partial charge is 0.243 e. The van der Waals surface area contributed by atoms with Crippen LogP contribution in [0.5, 0.6) is 0 Å². The Morgan fingerprint density at radius 2 is 2.15 bits per heavy atom. The predicted molar refractivity (Wildman–Crippen MR) is 48.0 cm³/mol. The summed E-state index contributed by atoms with van der Waals surface area (Å²) in [6.07, 6.45) is 1.67. The Kier molecular flexibility index (Phi) is 3.45. The molecule has 4 nitrogen and oxygen atoms in total. The lowest BCUT2D eigenvalue weighted by Gasteiger charge is -2.30. The molecule has 74 valence electrons. The van der Waals surface area contributed by atoms with E-state index in [9.17, 15) is 15.0 Å². The molecule has 0 bridgehead atoms. The number of rotatable bonds is 2. The first-order valence-corrected chi connectivity index (χ1v) is 4.42. The highest BCUT2D eigenvalue weighted by atomic mass is 16.3. The molecule has 3 atom stereocenters. The number of hydrogen-bond acceptors (Lipinski definition) is 3. The van der Waals surface area contributed by atoms with Crippen molar-refractivity contribution in [1.82, 2.24) is 5.32 Å². The Hall–Kier alpha value is -0.870. The van der Waals surface area contributed by atoms with Crippen LogP contribution in [-0.2, 0) is 4.79 Å². The summed E-state index contributed by atoms with van der Waals surface area (Å²) in [5, 5.41) is 21.3. The fourth-order valence-corrected chi connectivity index (χ4v) is 1.54. The van der Waals surface area contributed by atoms with Crippen LogP contribution < -0.4 is 5.32 Å². The minimum absolute atomic E-state index is 0.242. The second-order valence-electron chi connectivity index (χ2n) is 3.35. The number of carbonyl (C=O) groups excluding carboxylic acids is 1. The Labute approximate surface area is 77.3 Å². The first kappa shape index (κ1) is 10.2. The fourth-order valence-electron chi connectivity index (χ4n) is 1.54. The molecule has 0 spiro atoms. The summed E-state index contributed by atoms with van der Waals surface area (Å²) in [6.45, 7) is 3.32. The zero-order valence-electron chi connectivity index (χ0n) is 7.44. The lowest BCUT2D eigenvalue weighted by Crippen LogP contribution is -2.47. The van der Waals surface area contributed by atoms with Crippen LogP contribution in [-0.4, -0.2) is 34.4 Å². The van der Waals surface area contributed by atoms with Gasteiger partial charge in [-0.25, -0.2) is 0 Å². The van der Waals surface area contributed by atoms with Crippen molar-refractivity contribution in [2.45, 2.75) is 37.5 Å². The zero-order valence-corrected chi connectivity index (χ0v) is 7.44. The van der Waals surface area contributed by atoms with Crippen molar-refractivity contribution in [3.63, 3.8) is 0 Å². The number of carbonyl (C=O) groups is 1. The zero-order chi connectivity index (χ0) is 9.84. The average Bonchev–Trinajstić information content (AvgIpc) is 2.09. The van der Waals surface area contributed by atoms with Crippen molar-refractivity contribution >= 4 is 5.91 Å². The number of aliphatic hydroxyl groups excluding tert-OH is 2. The molecule has 0 heterocycles. The maximum absolute atomic E-state index is 10.9. The van der Waals surface area contributed by atoms with Crippen LogP contribution in [0.2, 0.25) is 0 Å². The molecule has 0 radical (unpaired) electrons. The second kappa shape index (κ2) is 4.39. The summed E-state index contributed by atoms with van der Waals surface area (Å²) in [5.41, 5.74) is 0. The van der Waals surface area contributed by atoms with Crippen LogP contribution >= 0.6 is 0 Å². The lowest BCUT2D eigenvalue weighted by atomic mass is 9.90. The highest BCUT2D eigenvalue weighted by Crippen LogP contribution is 2.18. The molecule has 1 aliphatic carbocycles. The van der Waals surface area contributed by atoms with Gasteiger partial charge in [-0.2, -0.15) is 0 Å². The Morgan fingerprint density at radius 1 is 1.46 bits per heavy atom. The summed E-state index contributed by atoms with van der Waals surface area (Å²) in [6, 6.07) is -0.242. The molecule has 1 saturated carbocycles. The molecule has 13 heavy (non-hydrogen) atoms. The normalized spacial score (nSPS) is 33.8. The Morgan fingerprint density at radius 3 is 2.69 bits per heavy atom. The summed E-state index contributed by atoms with van der Waals surface area (Å²) in [5.74, 6) is -0.277. The molecule has 0 aromatic heterocycles. The van der Waals surface area contributed by atoms with Crippen molar-refractivity contribution in [3.8, 4) is 0 Å². The van der Waals surface area contributed by atoms with E-state index in [1.165, 1.54) is 6.08 Å². The summed E-state index contributed by atoms with van der Waals surface area (Å²) < 4.78 is 0. The lowest BCUT2D eigenvalue weighted by molar-refractivity contribution is -0.118. The van der Waals surface area contributed by atoms with Crippen LogP contribution in [0.3, 0.4) is 0 Å². The van der Waals surface area contributed by atoms with Gasteiger partial charge in [0.05, 0.1) is 18.2 Å². The van der Waals surface area contributed by atoms with Gasteiger partial charge < -0.3 is 15.5 Å². The average molecular weight is 185 g/mol. The van der Waals surface area contributed by atoms with Gasteiger partial charge in [0, 0.05) is 6.42 Å². The third kappa shape index (κ3) is 2.82. The van der Waals surface area contributed by atoms with Gasteiger partial charge in [0.15, 0.2) is 0 Å². The van der Waals surface area contributed by atoms with E-state index in [0.29, 0.717) is 19.3 Å². The minimum Gasteiger partial charge on any atom is -0.393 e. The second-order valence-corrected chi connectivity index (χ2v) is 3.35. The SMILES string of the molecule is C=CC(=O)NC1CCC(O)CC1O. The molecular formula is C9H15NO3. The molecule has 3 unspecified atom stereocenters. The van der Waals surface area contributed by atoms with Gasteiger partial charge in [0.1, 0.15) is 0 Å². The van der Waals surface area contributed by atoms with Crippen molar-refractivity contribution in [2.75, 3.05) is 0 Å². The maximum Gasteiger partial charge on any atom is 0.243 e. The molecule has 3 N–H and O–H groups in total. The van der Waals surface area contributed by atoms with Crippen molar-refractivity contribution in [2.24, 2.45) is 0 Å². The molecule has 1 aliphatic rings. The first-order chi connectivity index (χ1) is 6.13. The fraction of sp³-hybridized carbons (Fsp3) is 0.667. The Bertz CT molecular complexity index is 205. The number of hydrogen-bond donors (Lipinski definition) is 3. The number of amides is 1. The third-order valence-electron chi connectivity index (χ3n) is 2.30.